The van der Waals surface area contributed by atoms with Crippen LogP contribution in [0.4, 0.5) is 10.1 Å². The topological polar surface area (TPSA) is 63.7 Å². The predicted molar refractivity (Wildman–Crippen MR) is 98.3 cm³/mol. The Labute approximate surface area is 160 Å². The SMILES string of the molecule is Cc1ccc(N2C[C@H](C(=O)OCC(=O)c3ccc(F)cc3)CC2=O)cc1Cl. The third-order valence-electron chi connectivity index (χ3n) is 4.44. The maximum absolute atomic E-state index is 12.9. The Morgan fingerprint density at radius 3 is 2.59 bits per heavy atom. The number of halogens is 2. The Kier molecular flexibility index (Phi) is 5.56. The number of hydrogen-bond donors (Lipinski definition) is 0. The number of amides is 1. The van der Waals surface area contributed by atoms with Crippen LogP contribution < -0.4 is 4.90 Å². The highest BCUT2D eigenvalue weighted by Gasteiger charge is 2.36. The van der Waals surface area contributed by atoms with Crippen LogP contribution in [0.15, 0.2) is 42.5 Å². The fourth-order valence-electron chi connectivity index (χ4n) is 2.84. The van der Waals surface area contributed by atoms with E-state index >= 15 is 0 Å². The molecule has 2 aromatic carbocycles. The van der Waals surface area contributed by atoms with Crippen LogP contribution >= 0.6 is 11.6 Å². The number of anilines is 1. The summed E-state index contributed by atoms with van der Waals surface area (Å²) in [5.74, 6) is -2.36. The number of Topliss-reactive ketones (excluding diaryl/α,β-unsaturated/α-hetero) is 1. The first-order valence-electron chi connectivity index (χ1n) is 8.37. The van der Waals surface area contributed by atoms with Crippen LogP contribution in [0.2, 0.25) is 5.02 Å². The maximum Gasteiger partial charge on any atom is 0.311 e. The molecule has 1 heterocycles. The van der Waals surface area contributed by atoms with E-state index in [0.717, 1.165) is 17.7 Å². The zero-order chi connectivity index (χ0) is 19.6. The highest BCUT2D eigenvalue weighted by atomic mass is 35.5. The maximum atomic E-state index is 12.9. The number of nitrogens with zero attached hydrogens (tertiary/aromatic N) is 1. The molecule has 1 atom stereocenters. The van der Waals surface area contributed by atoms with Gasteiger partial charge in [0.1, 0.15) is 5.82 Å². The number of ether oxygens (including phenoxy) is 1. The van der Waals surface area contributed by atoms with Crippen LogP contribution in [0, 0.1) is 18.7 Å². The number of aryl methyl sites for hydroxylation is 1. The lowest BCUT2D eigenvalue weighted by Crippen LogP contribution is -2.27. The highest BCUT2D eigenvalue weighted by Crippen LogP contribution is 2.29. The van der Waals surface area contributed by atoms with Gasteiger partial charge < -0.3 is 9.64 Å². The minimum atomic E-state index is -0.654. The van der Waals surface area contributed by atoms with Gasteiger partial charge in [-0.3, -0.25) is 14.4 Å². The lowest BCUT2D eigenvalue weighted by Gasteiger charge is -2.17. The first-order valence-corrected chi connectivity index (χ1v) is 8.75. The van der Waals surface area contributed by atoms with E-state index in [2.05, 4.69) is 0 Å². The van der Waals surface area contributed by atoms with Crippen LogP contribution in [-0.4, -0.2) is 30.8 Å². The summed E-state index contributed by atoms with van der Waals surface area (Å²) in [6.45, 7) is 1.57. The number of rotatable bonds is 5. The Balaban J connectivity index is 1.59. The molecule has 2 aromatic rings. The lowest BCUT2D eigenvalue weighted by atomic mass is 10.1. The van der Waals surface area contributed by atoms with Crippen LogP contribution in [0.25, 0.3) is 0 Å². The zero-order valence-corrected chi connectivity index (χ0v) is 15.3. The van der Waals surface area contributed by atoms with Crippen molar-refractivity contribution >= 4 is 34.9 Å². The summed E-state index contributed by atoms with van der Waals surface area (Å²) in [7, 11) is 0. The van der Waals surface area contributed by atoms with Gasteiger partial charge in [-0.1, -0.05) is 17.7 Å². The Morgan fingerprint density at radius 2 is 1.93 bits per heavy atom. The Morgan fingerprint density at radius 1 is 1.22 bits per heavy atom. The van der Waals surface area contributed by atoms with Gasteiger partial charge in [-0.15, -0.1) is 0 Å². The van der Waals surface area contributed by atoms with Gasteiger partial charge in [-0.2, -0.15) is 0 Å². The lowest BCUT2D eigenvalue weighted by molar-refractivity contribution is -0.147. The molecule has 0 N–H and O–H groups in total. The number of carbonyl (C=O) groups excluding carboxylic acids is 3. The summed E-state index contributed by atoms with van der Waals surface area (Å²) in [6, 6.07) is 10.2. The minimum absolute atomic E-state index is 0.00900. The molecule has 1 saturated heterocycles. The molecule has 0 radical (unpaired) electrons. The van der Waals surface area contributed by atoms with Crippen LogP contribution in [0.1, 0.15) is 22.3 Å². The summed E-state index contributed by atoms with van der Waals surface area (Å²) in [4.78, 5) is 38.0. The van der Waals surface area contributed by atoms with E-state index in [4.69, 9.17) is 16.3 Å². The van der Waals surface area contributed by atoms with E-state index in [1.54, 1.807) is 18.2 Å². The van der Waals surface area contributed by atoms with E-state index < -0.39 is 30.1 Å². The van der Waals surface area contributed by atoms with E-state index in [0.29, 0.717) is 10.7 Å². The summed E-state index contributed by atoms with van der Waals surface area (Å²) < 4.78 is 17.9. The zero-order valence-electron chi connectivity index (χ0n) is 14.6. The predicted octanol–water partition coefficient (Wildman–Crippen LogP) is 3.57. The van der Waals surface area contributed by atoms with Gasteiger partial charge in [0.25, 0.3) is 0 Å². The standard InChI is InChI=1S/C20H17ClFNO4/c1-12-2-7-16(9-17(12)21)23-10-14(8-19(23)25)20(26)27-11-18(24)13-3-5-15(22)6-4-13/h2-7,9,14H,8,10-11H2,1H3/t14-/m1/s1. The molecule has 0 spiro atoms. The Bertz CT molecular complexity index is 897. The van der Waals surface area contributed by atoms with Crippen molar-refractivity contribution in [3.8, 4) is 0 Å². The fourth-order valence-corrected chi connectivity index (χ4v) is 3.01. The van der Waals surface area contributed by atoms with Crippen LogP contribution in [0.5, 0.6) is 0 Å². The molecule has 0 saturated carbocycles. The number of ketones is 1. The first-order chi connectivity index (χ1) is 12.8. The van der Waals surface area contributed by atoms with Gasteiger partial charge in [0.2, 0.25) is 5.91 Å². The smallest absolute Gasteiger partial charge is 0.311 e. The summed E-state index contributed by atoms with van der Waals surface area (Å²) >= 11 is 6.10. The molecule has 0 bridgehead atoms. The van der Waals surface area contributed by atoms with E-state index in [-0.39, 0.29) is 24.4 Å². The average Bonchev–Trinajstić information content (AvgIpc) is 3.04. The molecule has 1 aliphatic heterocycles. The monoisotopic (exact) mass is 389 g/mol. The molecule has 5 nitrogen and oxygen atoms in total. The van der Waals surface area contributed by atoms with Crippen molar-refractivity contribution in [1.82, 2.24) is 0 Å². The average molecular weight is 390 g/mol. The summed E-state index contributed by atoms with van der Waals surface area (Å²) in [5.41, 5.74) is 1.76. The van der Waals surface area contributed by atoms with Crippen LogP contribution in [-0.2, 0) is 14.3 Å². The molecule has 3 rings (SSSR count). The third-order valence-corrected chi connectivity index (χ3v) is 4.84. The van der Waals surface area contributed by atoms with Crippen molar-refractivity contribution in [1.29, 1.82) is 0 Å². The van der Waals surface area contributed by atoms with Crippen molar-refractivity contribution in [3.63, 3.8) is 0 Å². The van der Waals surface area contributed by atoms with E-state index in [9.17, 15) is 18.8 Å². The number of hydrogen-bond acceptors (Lipinski definition) is 4. The van der Waals surface area contributed by atoms with Gasteiger partial charge in [0.15, 0.2) is 12.4 Å². The van der Waals surface area contributed by atoms with Crippen molar-refractivity contribution in [2.24, 2.45) is 5.92 Å². The Hall–Kier alpha value is -2.73. The molecule has 0 aromatic heterocycles. The largest absolute Gasteiger partial charge is 0.457 e. The molecule has 7 heteroatoms. The molecule has 140 valence electrons. The second kappa shape index (κ2) is 7.88. The molecule has 0 unspecified atom stereocenters. The third kappa shape index (κ3) is 4.34. The fraction of sp³-hybridized carbons (Fsp3) is 0.250. The summed E-state index contributed by atoms with van der Waals surface area (Å²) in [6.07, 6.45) is 0.00900. The molecular weight excluding hydrogens is 373 g/mol. The quantitative estimate of drug-likeness (QED) is 0.579. The first kappa shape index (κ1) is 19.0. The normalized spacial score (nSPS) is 16.5. The molecule has 1 aliphatic rings. The van der Waals surface area contributed by atoms with Gasteiger partial charge in [0, 0.05) is 29.2 Å². The minimum Gasteiger partial charge on any atom is -0.457 e. The van der Waals surface area contributed by atoms with Gasteiger partial charge in [-0.25, -0.2) is 4.39 Å². The van der Waals surface area contributed by atoms with Crippen LogP contribution in [0.3, 0.4) is 0 Å². The summed E-state index contributed by atoms with van der Waals surface area (Å²) in [5, 5.41) is 0.538. The number of carbonyl (C=O) groups is 3. The van der Waals surface area contributed by atoms with Crippen molar-refractivity contribution in [3.05, 3.63) is 64.4 Å². The van der Waals surface area contributed by atoms with Crippen molar-refractivity contribution < 1.29 is 23.5 Å². The molecular formula is C20H17ClFNO4. The number of benzene rings is 2. The van der Waals surface area contributed by atoms with Crippen molar-refractivity contribution in [2.75, 3.05) is 18.1 Å². The van der Waals surface area contributed by atoms with Crippen molar-refractivity contribution in [2.45, 2.75) is 13.3 Å². The second-order valence-corrected chi connectivity index (χ2v) is 6.78. The van der Waals surface area contributed by atoms with Gasteiger partial charge in [0.05, 0.1) is 5.92 Å². The number of esters is 1. The van der Waals surface area contributed by atoms with E-state index in [1.807, 2.05) is 6.92 Å². The van der Waals surface area contributed by atoms with Gasteiger partial charge in [-0.05, 0) is 48.9 Å². The second-order valence-electron chi connectivity index (χ2n) is 6.38. The van der Waals surface area contributed by atoms with Gasteiger partial charge >= 0.3 is 5.97 Å². The molecule has 1 fully saturated rings. The van der Waals surface area contributed by atoms with E-state index in [1.165, 1.54) is 17.0 Å². The highest BCUT2D eigenvalue weighted by molar-refractivity contribution is 6.31. The molecule has 27 heavy (non-hydrogen) atoms. The molecule has 0 aliphatic carbocycles. The molecule has 1 amide bonds.